The maximum absolute atomic E-state index is 12.9. The summed E-state index contributed by atoms with van der Waals surface area (Å²) >= 11 is 0. The van der Waals surface area contributed by atoms with Gasteiger partial charge < -0.3 is 114 Å². The van der Waals surface area contributed by atoms with Crippen molar-refractivity contribution < 1.29 is 95.3 Å². The minimum Gasteiger partial charge on any atom is -0.480 e. The third kappa shape index (κ3) is 38.5. The van der Waals surface area contributed by atoms with E-state index < -0.39 is 46.0 Å². The fourth-order valence-corrected chi connectivity index (χ4v) is 8.00. The average Bonchev–Trinajstić information content (AvgIpc) is 0.794. The second-order valence-electron chi connectivity index (χ2n) is 21.6. The van der Waals surface area contributed by atoms with Gasteiger partial charge in [-0.25, -0.2) is 19.6 Å². The molecule has 0 spiro atoms. The lowest BCUT2D eigenvalue weighted by Gasteiger charge is -2.19. The van der Waals surface area contributed by atoms with E-state index in [-0.39, 0.29) is 59.3 Å². The Morgan fingerprint density at radius 2 is 0.938 bits per heavy atom. The minimum atomic E-state index is -1.29. The number of nitrogen functional groups attached to an aromatic ring is 1. The van der Waals surface area contributed by atoms with Crippen LogP contribution in [0.2, 0.25) is 0 Å². The second kappa shape index (κ2) is 51.1. The summed E-state index contributed by atoms with van der Waals surface area (Å²) in [6.45, 7) is 18.5. The van der Waals surface area contributed by atoms with E-state index >= 15 is 0 Å². The van der Waals surface area contributed by atoms with E-state index in [2.05, 4.69) is 51.8 Å². The number of rotatable bonds is 61. The van der Waals surface area contributed by atoms with E-state index in [4.69, 9.17) is 76.8 Å². The molecule has 1 unspecified atom stereocenters. The molecule has 1 atom stereocenters. The first-order valence-electron chi connectivity index (χ1n) is 32.1. The number of alkyl carbamates (subject to hydrolysis) is 1. The normalized spacial score (nSPS) is 11.9. The van der Waals surface area contributed by atoms with Crippen LogP contribution in [0.15, 0.2) is 44.8 Å². The average molecular weight is 1370 g/mol. The Balaban J connectivity index is 0.815. The third-order valence-corrected chi connectivity index (χ3v) is 12.8. The first-order chi connectivity index (χ1) is 46.6. The molecule has 0 fully saturated rings. The fourth-order valence-electron chi connectivity index (χ4n) is 8.00. The van der Waals surface area contributed by atoms with Crippen molar-refractivity contribution in [2.24, 2.45) is 0 Å². The SMILES string of the molecule is CC(C)(C)OC(=O)NCCOCCOCCOCCOCCOCCOCCOCCOCCOCCOCCOCCNc1c(NCCCOCCOCCOCCCNC(=O)CCC(NC(=O)c2ccc(NCc3cnc4nc(N)[nH]c(=O)c4n3)cc2)C(=O)O)c(=O)c1=O. The van der Waals surface area contributed by atoms with E-state index in [9.17, 15) is 38.7 Å². The molecule has 540 valence electrons. The number of ether oxygens (including phenoxy) is 15. The van der Waals surface area contributed by atoms with Crippen LogP contribution in [-0.4, -0.2) is 272 Å². The highest BCUT2D eigenvalue weighted by Gasteiger charge is 2.23. The van der Waals surface area contributed by atoms with Crippen molar-refractivity contribution in [3.05, 3.63) is 72.5 Å². The number of fused-ring (bicyclic) bond motifs is 1. The number of amides is 3. The van der Waals surface area contributed by atoms with Crippen LogP contribution in [0.3, 0.4) is 0 Å². The standard InChI is InChI=1S/C62H99N11O23/c1-62(2,3)96-61(81)67-15-19-85-23-27-88-29-31-90-33-35-92-37-39-94-41-43-95-42-40-93-38-36-91-34-32-89-30-28-87-26-22-84-18-14-66-52-51(54(75)55(52)76)65-13-5-17-83-21-25-86-24-20-82-16-4-12-64-50(74)11-10-49(59(79)80)71-57(77)46-6-8-47(9-7-46)68-44-48-45-69-56-53(70-48)58(78)73-60(63)72-56/h6-9,45,49,65-66,68H,4-5,10-44H2,1-3H3,(H,64,74)(H,67,81)(H,71,77)(H,79,80)(H3,63,69,72,73,78). The molecule has 2 aromatic heterocycles. The Kier molecular flexibility index (Phi) is 43.3. The Morgan fingerprint density at radius 3 is 1.39 bits per heavy atom. The Morgan fingerprint density at radius 1 is 0.521 bits per heavy atom. The molecule has 10 N–H and O–H groups in total. The van der Waals surface area contributed by atoms with Crippen molar-refractivity contribution in [1.82, 2.24) is 35.9 Å². The van der Waals surface area contributed by atoms with Gasteiger partial charge in [0, 0.05) is 57.1 Å². The quantitative estimate of drug-likeness (QED) is 0.0216. The van der Waals surface area contributed by atoms with Gasteiger partial charge >= 0.3 is 12.1 Å². The van der Waals surface area contributed by atoms with Gasteiger partial charge in [-0.1, -0.05) is 0 Å². The minimum absolute atomic E-state index is 0.0434. The number of nitrogens with two attached hydrogens (primary N) is 1. The molecule has 0 aliphatic carbocycles. The molecular formula is C62H99N11O23. The topological polar surface area (TPSA) is 431 Å². The highest BCUT2D eigenvalue weighted by molar-refractivity contribution is 5.97. The number of carbonyl (C=O) groups excluding carboxylic acids is 3. The maximum Gasteiger partial charge on any atom is 0.407 e. The molecule has 0 saturated heterocycles. The molecule has 3 amide bonds. The summed E-state index contributed by atoms with van der Waals surface area (Å²) < 4.78 is 82.3. The molecule has 96 heavy (non-hydrogen) atoms. The van der Waals surface area contributed by atoms with Crippen LogP contribution >= 0.6 is 0 Å². The van der Waals surface area contributed by atoms with Crippen molar-refractivity contribution in [3.8, 4) is 0 Å². The second-order valence-corrected chi connectivity index (χ2v) is 21.6. The molecule has 0 bridgehead atoms. The molecule has 34 nitrogen and oxygen atoms in total. The van der Waals surface area contributed by atoms with Gasteiger partial charge in [0.15, 0.2) is 11.2 Å². The predicted octanol–water partition coefficient (Wildman–Crippen LogP) is 0.644. The van der Waals surface area contributed by atoms with Crippen LogP contribution in [0, 0.1) is 0 Å². The van der Waals surface area contributed by atoms with Crippen LogP contribution in [0.25, 0.3) is 11.2 Å². The summed E-state index contributed by atoms with van der Waals surface area (Å²) in [5.41, 5.74) is 5.30. The number of carboxylic acids is 1. The van der Waals surface area contributed by atoms with Gasteiger partial charge in [0.1, 0.15) is 23.0 Å². The van der Waals surface area contributed by atoms with E-state index in [1.165, 1.54) is 18.3 Å². The van der Waals surface area contributed by atoms with Gasteiger partial charge in [0.05, 0.1) is 190 Å². The molecule has 0 radical (unpaired) electrons. The summed E-state index contributed by atoms with van der Waals surface area (Å²) in [5.74, 6) is -2.33. The number of aromatic amines is 1. The van der Waals surface area contributed by atoms with Crippen LogP contribution in [0.4, 0.5) is 27.8 Å². The number of hydrogen-bond acceptors (Lipinski definition) is 29. The molecule has 0 aliphatic rings. The number of nitrogens with one attached hydrogen (secondary N) is 7. The molecular weight excluding hydrogens is 1270 g/mol. The summed E-state index contributed by atoms with van der Waals surface area (Å²) in [7, 11) is 0. The monoisotopic (exact) mass is 1370 g/mol. The number of nitrogens with zero attached hydrogens (tertiary/aromatic N) is 3. The Bertz CT molecular complexity index is 2900. The summed E-state index contributed by atoms with van der Waals surface area (Å²) in [5, 5.41) is 26.6. The maximum atomic E-state index is 12.9. The zero-order valence-corrected chi connectivity index (χ0v) is 55.5. The number of carboxylic acid groups (broad SMARTS) is 1. The first kappa shape index (κ1) is 81.3. The number of aromatic nitrogens is 4. The number of carbonyl (C=O) groups is 4. The zero-order valence-electron chi connectivity index (χ0n) is 55.5. The van der Waals surface area contributed by atoms with Crippen LogP contribution < -0.4 is 54.1 Å². The summed E-state index contributed by atoms with van der Waals surface area (Å²) in [6.07, 6.45) is 1.85. The lowest BCUT2D eigenvalue weighted by atomic mass is 10.1. The largest absolute Gasteiger partial charge is 0.480 e. The van der Waals surface area contributed by atoms with Crippen molar-refractivity contribution in [1.29, 1.82) is 0 Å². The van der Waals surface area contributed by atoms with Gasteiger partial charge in [-0.3, -0.25) is 29.0 Å². The van der Waals surface area contributed by atoms with Crippen molar-refractivity contribution >= 4 is 58.1 Å². The third-order valence-electron chi connectivity index (χ3n) is 12.8. The van der Waals surface area contributed by atoms with Gasteiger partial charge in [-0.2, -0.15) is 4.98 Å². The van der Waals surface area contributed by atoms with E-state index in [1.807, 2.05) is 0 Å². The molecule has 0 saturated carbocycles. The number of H-pyrrole nitrogens is 1. The molecule has 2 heterocycles. The van der Waals surface area contributed by atoms with E-state index in [1.54, 1.807) is 32.9 Å². The van der Waals surface area contributed by atoms with Crippen molar-refractivity contribution in [2.75, 3.05) is 233 Å². The lowest BCUT2D eigenvalue weighted by molar-refractivity contribution is -0.139. The molecule has 2 aromatic carbocycles. The van der Waals surface area contributed by atoms with Crippen LogP contribution in [0.1, 0.15) is 62.5 Å². The van der Waals surface area contributed by atoms with Crippen molar-refractivity contribution in [2.45, 2.75) is 64.6 Å². The van der Waals surface area contributed by atoms with Gasteiger partial charge in [0.2, 0.25) is 11.9 Å². The first-order valence-corrected chi connectivity index (χ1v) is 32.1. The van der Waals surface area contributed by atoms with Gasteiger partial charge in [0.25, 0.3) is 22.3 Å². The number of anilines is 4. The number of hydrogen-bond donors (Lipinski definition) is 9. The van der Waals surface area contributed by atoms with Gasteiger partial charge in [-0.15, -0.1) is 0 Å². The predicted molar refractivity (Wildman–Crippen MR) is 351 cm³/mol. The van der Waals surface area contributed by atoms with Crippen LogP contribution in [0.5, 0.6) is 0 Å². The summed E-state index contributed by atoms with van der Waals surface area (Å²) in [6, 6.07) is 4.99. The van der Waals surface area contributed by atoms with Crippen molar-refractivity contribution in [3.63, 3.8) is 0 Å². The Hall–Kier alpha value is -7.16. The zero-order chi connectivity index (χ0) is 69.1. The van der Waals surface area contributed by atoms with Gasteiger partial charge in [-0.05, 0) is 64.3 Å². The van der Waals surface area contributed by atoms with E-state index in [0.717, 1.165) is 0 Å². The Labute approximate surface area is 557 Å². The lowest BCUT2D eigenvalue weighted by Crippen LogP contribution is -2.41. The fraction of sp³-hybridized carbons (Fsp3) is 0.677. The summed E-state index contributed by atoms with van der Waals surface area (Å²) in [4.78, 5) is 99.9. The highest BCUT2D eigenvalue weighted by atomic mass is 16.6. The molecule has 4 aromatic rings. The number of benzene rings is 1. The molecule has 0 aliphatic heterocycles. The smallest absolute Gasteiger partial charge is 0.407 e. The molecule has 34 heteroatoms. The molecule has 4 rings (SSSR count). The van der Waals surface area contributed by atoms with Crippen LogP contribution in [-0.2, 0) is 87.2 Å². The van der Waals surface area contributed by atoms with E-state index in [0.29, 0.717) is 235 Å². The number of aliphatic carboxylic acids is 1. The highest BCUT2D eigenvalue weighted by Crippen LogP contribution is 2.15.